The fourth-order valence-electron chi connectivity index (χ4n) is 2.83. The third-order valence-corrected chi connectivity index (χ3v) is 8.37. The van der Waals surface area contributed by atoms with Crippen LogP contribution in [0.3, 0.4) is 0 Å². The normalized spacial score (nSPS) is 11.2. The van der Waals surface area contributed by atoms with Gasteiger partial charge in [-0.3, -0.25) is 0 Å². The lowest BCUT2D eigenvalue weighted by molar-refractivity contribution is 1.40. The molecule has 0 aromatic heterocycles. The van der Waals surface area contributed by atoms with Gasteiger partial charge in [-0.1, -0.05) is 34.9 Å². The molecule has 3 rings (SSSR count). The van der Waals surface area contributed by atoms with Gasteiger partial charge >= 0.3 is 0 Å². The van der Waals surface area contributed by atoms with Crippen LogP contribution >= 0.6 is 45.8 Å². The predicted octanol–water partition coefficient (Wildman–Crippen LogP) is 5.24. The summed E-state index contributed by atoms with van der Waals surface area (Å²) >= 11 is 14.3. The molecule has 0 aliphatic carbocycles. The predicted molar refractivity (Wildman–Crippen MR) is 121 cm³/mol. The molecule has 0 aliphatic heterocycles. The minimum absolute atomic E-state index is 0.786. The van der Waals surface area contributed by atoms with Crippen molar-refractivity contribution in [2.24, 2.45) is 0 Å². The molecule has 128 valence electrons. The first-order chi connectivity index (χ1) is 11.9. The molecule has 0 amide bonds. The Morgan fingerprint density at radius 2 is 0.800 bits per heavy atom. The van der Waals surface area contributed by atoms with E-state index in [0.29, 0.717) is 0 Å². The number of rotatable bonds is 3. The first kappa shape index (κ1) is 18.9. The second-order valence-electron chi connectivity index (χ2n) is 6.31. The summed E-state index contributed by atoms with van der Waals surface area (Å²) in [5.41, 5.74) is 3.71. The Morgan fingerprint density at radius 3 is 1.08 bits per heavy atom. The number of hydrogen-bond acceptors (Lipinski definition) is 3. The maximum Gasteiger partial charge on any atom is 0.0124 e. The molecule has 0 saturated heterocycles. The van der Waals surface area contributed by atoms with Gasteiger partial charge in [0.25, 0.3) is 0 Å². The molecule has 0 bridgehead atoms. The third kappa shape index (κ3) is 4.11. The summed E-state index contributed by atoms with van der Waals surface area (Å²) in [6.45, 7) is 6.37. The molecule has 3 aromatic carbocycles. The molecule has 0 unspecified atom stereocenters. The van der Waals surface area contributed by atoms with Crippen LogP contribution in [0.15, 0.2) is 69.3 Å². The molecule has 0 heterocycles. The molecule has 3 aromatic rings. The highest BCUT2D eigenvalue weighted by atomic mass is 32.1. The monoisotopic (exact) mass is 400 g/mol. The Kier molecular flexibility index (Phi) is 5.90. The van der Waals surface area contributed by atoms with Crippen molar-refractivity contribution >= 4 is 61.7 Å². The summed E-state index contributed by atoms with van der Waals surface area (Å²) in [7, 11) is -0.786. The Morgan fingerprint density at radius 1 is 0.520 bits per heavy atom. The van der Waals surface area contributed by atoms with Crippen molar-refractivity contribution in [1.29, 1.82) is 0 Å². The second-order valence-corrected chi connectivity index (χ2v) is 9.87. The van der Waals surface area contributed by atoms with Crippen LogP contribution in [-0.2, 0) is 0 Å². The number of benzene rings is 3. The van der Waals surface area contributed by atoms with Crippen LogP contribution in [0.5, 0.6) is 0 Å². The fourth-order valence-corrected chi connectivity index (χ4v) is 6.83. The molecule has 0 saturated carbocycles. The minimum Gasteiger partial charge on any atom is -0.143 e. The van der Waals surface area contributed by atoms with Gasteiger partial charge in [-0.15, -0.1) is 37.9 Å². The molecule has 0 aliphatic rings. The topological polar surface area (TPSA) is 0 Å². The van der Waals surface area contributed by atoms with E-state index < -0.39 is 7.92 Å². The zero-order chi connectivity index (χ0) is 18.1. The maximum atomic E-state index is 4.77. The highest BCUT2D eigenvalue weighted by molar-refractivity contribution is 7.87. The molecular weight excluding hydrogens is 379 g/mol. The average Bonchev–Trinajstić information content (AvgIpc) is 2.57. The molecule has 4 heteroatoms. The van der Waals surface area contributed by atoms with Crippen molar-refractivity contribution in [3.8, 4) is 0 Å². The molecule has 0 atom stereocenters. The Labute approximate surface area is 168 Å². The maximum absolute atomic E-state index is 4.77. The summed E-state index contributed by atoms with van der Waals surface area (Å²) in [6, 6.07) is 19.3. The average molecular weight is 401 g/mol. The van der Waals surface area contributed by atoms with E-state index in [2.05, 4.69) is 75.4 Å². The fraction of sp³-hybridized carbons (Fsp3) is 0.143. The first-order valence-corrected chi connectivity index (χ1v) is 10.7. The highest BCUT2D eigenvalue weighted by Gasteiger charge is 2.23. The van der Waals surface area contributed by atoms with Gasteiger partial charge in [-0.2, -0.15) is 0 Å². The molecule has 0 fully saturated rings. The van der Waals surface area contributed by atoms with E-state index in [4.69, 9.17) is 37.9 Å². The van der Waals surface area contributed by atoms with Gasteiger partial charge < -0.3 is 0 Å². The number of hydrogen-bond donors (Lipinski definition) is 3. The second kappa shape index (κ2) is 7.80. The van der Waals surface area contributed by atoms with Crippen molar-refractivity contribution in [2.45, 2.75) is 35.5 Å². The van der Waals surface area contributed by atoms with E-state index >= 15 is 0 Å². The van der Waals surface area contributed by atoms with Gasteiger partial charge in [0.05, 0.1) is 0 Å². The minimum atomic E-state index is -0.786. The Hall–Kier alpha value is -0.860. The molecule has 0 nitrogen and oxygen atoms in total. The molecular formula is C21H21PS3. The van der Waals surface area contributed by atoms with Crippen LogP contribution in [0, 0.1) is 20.8 Å². The zero-order valence-electron chi connectivity index (χ0n) is 14.5. The van der Waals surface area contributed by atoms with Gasteiger partial charge in [0.1, 0.15) is 0 Å². The van der Waals surface area contributed by atoms with E-state index in [1.807, 2.05) is 0 Å². The van der Waals surface area contributed by atoms with Crippen LogP contribution < -0.4 is 15.9 Å². The van der Waals surface area contributed by atoms with Crippen molar-refractivity contribution in [1.82, 2.24) is 0 Å². The van der Waals surface area contributed by atoms with Gasteiger partial charge in [-0.25, -0.2) is 0 Å². The molecule has 0 spiro atoms. The smallest absolute Gasteiger partial charge is 0.0124 e. The van der Waals surface area contributed by atoms with Crippen LogP contribution in [0.1, 0.15) is 16.7 Å². The highest BCUT2D eigenvalue weighted by Crippen LogP contribution is 2.39. The summed E-state index contributed by atoms with van der Waals surface area (Å²) in [5.74, 6) is 0. The van der Waals surface area contributed by atoms with Gasteiger partial charge in [0.2, 0.25) is 0 Å². The van der Waals surface area contributed by atoms with E-state index in [9.17, 15) is 0 Å². The first-order valence-electron chi connectivity index (χ1n) is 8.06. The van der Waals surface area contributed by atoms with Crippen molar-refractivity contribution in [3.05, 3.63) is 71.3 Å². The van der Waals surface area contributed by atoms with Crippen molar-refractivity contribution in [2.75, 3.05) is 0 Å². The van der Waals surface area contributed by atoms with Crippen LogP contribution in [0.4, 0.5) is 0 Å². The number of aryl methyl sites for hydroxylation is 3. The lowest BCUT2D eigenvalue weighted by Gasteiger charge is -2.24. The molecule has 0 N–H and O–H groups in total. The third-order valence-electron chi connectivity index (χ3n) is 4.12. The van der Waals surface area contributed by atoms with Gasteiger partial charge in [-0.05, 0) is 81.0 Å². The summed E-state index contributed by atoms with van der Waals surface area (Å²) in [4.78, 5) is 3.04. The van der Waals surface area contributed by atoms with E-state index in [-0.39, 0.29) is 0 Å². The summed E-state index contributed by atoms with van der Waals surface area (Å²) < 4.78 is 0. The summed E-state index contributed by atoms with van der Waals surface area (Å²) in [6.07, 6.45) is 0. The van der Waals surface area contributed by atoms with Gasteiger partial charge in [0.15, 0.2) is 0 Å². The van der Waals surface area contributed by atoms with E-state index in [1.54, 1.807) is 0 Å². The zero-order valence-corrected chi connectivity index (χ0v) is 18.1. The lowest BCUT2D eigenvalue weighted by Crippen LogP contribution is -2.24. The van der Waals surface area contributed by atoms with Gasteiger partial charge in [0, 0.05) is 14.7 Å². The van der Waals surface area contributed by atoms with E-state index in [1.165, 1.54) is 32.6 Å². The van der Waals surface area contributed by atoms with Crippen LogP contribution in [0.2, 0.25) is 0 Å². The standard InChI is InChI=1S/C21H21PS3/c1-13-4-7-19(23)16(10-13)22(17-11-14(2)5-8-20(17)24)18-12-15(3)6-9-21(18)25/h4-12,23-25H,1-3H3. The Balaban J connectivity index is 2.34. The quantitative estimate of drug-likeness (QED) is 0.389. The van der Waals surface area contributed by atoms with Crippen molar-refractivity contribution in [3.63, 3.8) is 0 Å². The lowest BCUT2D eigenvalue weighted by atomic mass is 10.2. The van der Waals surface area contributed by atoms with Crippen molar-refractivity contribution < 1.29 is 0 Å². The molecule has 0 radical (unpaired) electrons. The van der Waals surface area contributed by atoms with Crippen LogP contribution in [0.25, 0.3) is 0 Å². The Bertz CT molecular complexity index is 812. The van der Waals surface area contributed by atoms with E-state index in [0.717, 1.165) is 14.7 Å². The molecule has 25 heavy (non-hydrogen) atoms. The summed E-state index contributed by atoms with van der Waals surface area (Å²) in [5, 5.41) is 3.75. The SMILES string of the molecule is Cc1ccc(S)c(P(c2cc(C)ccc2S)c2cc(C)ccc2S)c1. The largest absolute Gasteiger partial charge is 0.143 e. The number of thiol groups is 3. The van der Waals surface area contributed by atoms with Crippen LogP contribution in [-0.4, -0.2) is 0 Å².